The average molecular weight is 296 g/mol. The summed E-state index contributed by atoms with van der Waals surface area (Å²) in [6, 6.07) is 9.66. The van der Waals surface area contributed by atoms with Crippen LogP contribution in [0.15, 0.2) is 42.5 Å². The molecule has 0 heterocycles. The van der Waals surface area contributed by atoms with Gasteiger partial charge in [0.1, 0.15) is 11.6 Å². The average Bonchev–Trinajstić information content (AvgIpc) is 2.43. The third-order valence-electron chi connectivity index (χ3n) is 2.77. The van der Waals surface area contributed by atoms with E-state index in [1.165, 1.54) is 36.4 Å². The molecule has 0 fully saturated rings. The van der Waals surface area contributed by atoms with E-state index >= 15 is 0 Å². The lowest BCUT2D eigenvalue weighted by Crippen LogP contribution is -2.09. The summed E-state index contributed by atoms with van der Waals surface area (Å²) in [6.07, 6.45) is 0.251. The van der Waals surface area contributed by atoms with Gasteiger partial charge in [0.15, 0.2) is 5.78 Å². The molecule has 0 amide bonds. The number of hydrogen-bond donors (Lipinski definition) is 1. The van der Waals surface area contributed by atoms with Crippen LogP contribution in [0.5, 0.6) is 0 Å². The molecule has 2 aromatic rings. The van der Waals surface area contributed by atoms with Crippen LogP contribution in [0.3, 0.4) is 0 Å². The van der Waals surface area contributed by atoms with Crippen molar-refractivity contribution in [2.75, 3.05) is 11.9 Å². The summed E-state index contributed by atoms with van der Waals surface area (Å²) in [5, 5.41) is 3.01. The van der Waals surface area contributed by atoms with Gasteiger partial charge in [-0.25, -0.2) is 8.78 Å². The third kappa shape index (κ3) is 3.78. The maximum absolute atomic E-state index is 13.0. The molecule has 5 heteroatoms. The molecule has 104 valence electrons. The van der Waals surface area contributed by atoms with Gasteiger partial charge in [0.2, 0.25) is 0 Å². The van der Waals surface area contributed by atoms with Gasteiger partial charge in [-0.1, -0.05) is 11.6 Å². The van der Waals surface area contributed by atoms with E-state index in [2.05, 4.69) is 5.32 Å². The Morgan fingerprint density at radius 1 is 1.10 bits per heavy atom. The number of halogens is 3. The zero-order chi connectivity index (χ0) is 14.5. The van der Waals surface area contributed by atoms with Gasteiger partial charge in [-0.05, 0) is 42.5 Å². The number of ketones is 1. The first-order valence-corrected chi connectivity index (χ1v) is 6.42. The van der Waals surface area contributed by atoms with Crippen LogP contribution in [0.2, 0.25) is 5.02 Å². The lowest BCUT2D eigenvalue weighted by Gasteiger charge is -2.06. The molecule has 0 spiro atoms. The Labute approximate surface area is 120 Å². The van der Waals surface area contributed by atoms with Crippen molar-refractivity contribution < 1.29 is 13.6 Å². The largest absolute Gasteiger partial charge is 0.385 e. The van der Waals surface area contributed by atoms with E-state index in [1.54, 1.807) is 6.07 Å². The minimum Gasteiger partial charge on any atom is -0.385 e. The van der Waals surface area contributed by atoms with E-state index in [0.29, 0.717) is 17.8 Å². The molecule has 0 unspecified atom stereocenters. The van der Waals surface area contributed by atoms with Crippen molar-refractivity contribution in [3.8, 4) is 0 Å². The van der Waals surface area contributed by atoms with Crippen LogP contribution in [0.1, 0.15) is 16.8 Å². The van der Waals surface area contributed by atoms with Crippen molar-refractivity contribution in [2.24, 2.45) is 0 Å². The van der Waals surface area contributed by atoms with Gasteiger partial charge in [-0.3, -0.25) is 4.79 Å². The van der Waals surface area contributed by atoms with Crippen LogP contribution in [0, 0.1) is 11.6 Å². The van der Waals surface area contributed by atoms with Crippen molar-refractivity contribution >= 4 is 23.1 Å². The van der Waals surface area contributed by atoms with E-state index in [1.807, 2.05) is 0 Å². The topological polar surface area (TPSA) is 29.1 Å². The molecule has 0 aromatic heterocycles. The Bertz CT molecular complexity index is 614. The summed E-state index contributed by atoms with van der Waals surface area (Å²) in [6.45, 7) is 0.387. The van der Waals surface area contributed by atoms with Crippen LogP contribution in [-0.4, -0.2) is 12.3 Å². The normalized spacial score (nSPS) is 10.3. The molecular weight excluding hydrogens is 284 g/mol. The maximum atomic E-state index is 13.0. The van der Waals surface area contributed by atoms with Gasteiger partial charge in [0.25, 0.3) is 0 Å². The third-order valence-corrected chi connectivity index (χ3v) is 3.06. The van der Waals surface area contributed by atoms with Gasteiger partial charge in [0, 0.05) is 24.2 Å². The molecule has 0 aliphatic heterocycles. The van der Waals surface area contributed by atoms with Crippen molar-refractivity contribution in [1.82, 2.24) is 0 Å². The molecule has 2 nitrogen and oxygen atoms in total. The Hall–Kier alpha value is -1.94. The van der Waals surface area contributed by atoms with E-state index in [4.69, 9.17) is 11.6 Å². The molecule has 0 aliphatic carbocycles. The quantitative estimate of drug-likeness (QED) is 0.833. The number of carbonyl (C=O) groups is 1. The highest BCUT2D eigenvalue weighted by molar-refractivity contribution is 6.31. The predicted molar refractivity (Wildman–Crippen MR) is 75.2 cm³/mol. The Morgan fingerprint density at radius 3 is 2.45 bits per heavy atom. The number of benzene rings is 2. The van der Waals surface area contributed by atoms with Crippen LogP contribution in [0.4, 0.5) is 14.5 Å². The second-order valence-electron chi connectivity index (χ2n) is 4.24. The van der Waals surface area contributed by atoms with E-state index in [-0.39, 0.29) is 23.0 Å². The molecule has 2 rings (SSSR count). The molecular formula is C15H12ClF2NO. The number of rotatable bonds is 5. The van der Waals surface area contributed by atoms with Gasteiger partial charge in [-0.2, -0.15) is 0 Å². The first-order valence-electron chi connectivity index (χ1n) is 6.04. The summed E-state index contributed by atoms with van der Waals surface area (Å²) in [4.78, 5) is 11.8. The van der Waals surface area contributed by atoms with Gasteiger partial charge in [0.05, 0.1) is 5.02 Å². The highest BCUT2D eigenvalue weighted by Crippen LogP contribution is 2.19. The molecule has 1 N–H and O–H groups in total. The second-order valence-corrected chi connectivity index (χ2v) is 4.64. The fraction of sp³-hybridized carbons (Fsp3) is 0.133. The SMILES string of the molecule is O=C(CCNc1ccc(F)c(Cl)c1)c1ccc(F)cc1. The van der Waals surface area contributed by atoms with Crippen molar-refractivity contribution in [1.29, 1.82) is 0 Å². The number of nitrogens with one attached hydrogen (secondary N) is 1. The summed E-state index contributed by atoms with van der Waals surface area (Å²) in [7, 11) is 0. The number of hydrogen-bond acceptors (Lipinski definition) is 2. The molecule has 0 bridgehead atoms. The minimum atomic E-state index is -0.486. The predicted octanol–water partition coefficient (Wildman–Crippen LogP) is 4.30. The van der Waals surface area contributed by atoms with Gasteiger partial charge >= 0.3 is 0 Å². The smallest absolute Gasteiger partial charge is 0.164 e. The minimum absolute atomic E-state index is 0.0276. The van der Waals surface area contributed by atoms with Crippen LogP contribution in [0.25, 0.3) is 0 Å². The molecule has 2 aromatic carbocycles. The fourth-order valence-electron chi connectivity index (χ4n) is 1.71. The monoisotopic (exact) mass is 295 g/mol. The van der Waals surface area contributed by atoms with Crippen molar-refractivity contribution in [2.45, 2.75) is 6.42 Å². The molecule has 0 radical (unpaired) electrons. The maximum Gasteiger partial charge on any atom is 0.164 e. The Kier molecular flexibility index (Phi) is 4.69. The fourth-order valence-corrected chi connectivity index (χ4v) is 1.89. The van der Waals surface area contributed by atoms with Crippen molar-refractivity contribution in [3.63, 3.8) is 0 Å². The highest BCUT2D eigenvalue weighted by Gasteiger charge is 2.06. The van der Waals surface area contributed by atoms with E-state index in [9.17, 15) is 13.6 Å². The summed E-state index contributed by atoms with van der Waals surface area (Å²) in [5.41, 5.74) is 1.11. The van der Waals surface area contributed by atoms with Gasteiger partial charge < -0.3 is 5.32 Å². The van der Waals surface area contributed by atoms with Crippen LogP contribution < -0.4 is 5.32 Å². The lowest BCUT2D eigenvalue weighted by molar-refractivity contribution is 0.0986. The number of anilines is 1. The first-order chi connectivity index (χ1) is 9.56. The number of carbonyl (C=O) groups excluding carboxylic acids is 1. The Morgan fingerprint density at radius 2 is 1.80 bits per heavy atom. The molecule has 20 heavy (non-hydrogen) atoms. The van der Waals surface area contributed by atoms with Gasteiger partial charge in [-0.15, -0.1) is 0 Å². The van der Waals surface area contributed by atoms with E-state index < -0.39 is 5.82 Å². The lowest BCUT2D eigenvalue weighted by atomic mass is 10.1. The summed E-state index contributed by atoms with van der Waals surface area (Å²) < 4.78 is 25.7. The zero-order valence-corrected chi connectivity index (χ0v) is 11.3. The second kappa shape index (κ2) is 6.48. The number of Topliss-reactive ketones (excluding diaryl/α,β-unsaturated/α-hetero) is 1. The zero-order valence-electron chi connectivity index (χ0n) is 10.5. The standard InChI is InChI=1S/C15H12ClF2NO/c16-13-9-12(5-6-14(13)18)19-8-7-15(20)10-1-3-11(17)4-2-10/h1-6,9,19H,7-8H2. The Balaban J connectivity index is 1.87. The van der Waals surface area contributed by atoms with Crippen LogP contribution >= 0.6 is 11.6 Å². The first kappa shape index (κ1) is 14.5. The van der Waals surface area contributed by atoms with Crippen LogP contribution in [-0.2, 0) is 0 Å². The summed E-state index contributed by atoms with van der Waals surface area (Å²) >= 11 is 5.65. The molecule has 0 saturated heterocycles. The molecule has 0 aliphatic rings. The molecule has 0 saturated carbocycles. The van der Waals surface area contributed by atoms with Crippen molar-refractivity contribution in [3.05, 3.63) is 64.7 Å². The highest BCUT2D eigenvalue weighted by atomic mass is 35.5. The summed E-state index contributed by atoms with van der Waals surface area (Å²) in [5.74, 6) is -0.953. The molecule has 0 atom stereocenters. The van der Waals surface area contributed by atoms with E-state index in [0.717, 1.165) is 0 Å².